The summed E-state index contributed by atoms with van der Waals surface area (Å²) in [5.41, 5.74) is 1.99. The van der Waals surface area contributed by atoms with Gasteiger partial charge in [-0.05, 0) is 19.1 Å². The molecule has 148 valence electrons. The van der Waals surface area contributed by atoms with Crippen LogP contribution in [-0.2, 0) is 4.79 Å². The van der Waals surface area contributed by atoms with Crippen molar-refractivity contribution in [2.75, 3.05) is 37.7 Å². The lowest BCUT2D eigenvalue weighted by molar-refractivity contribution is -0.133. The molecule has 1 amide bonds. The topological polar surface area (TPSA) is 58.6 Å². The molecule has 3 aromatic rings. The van der Waals surface area contributed by atoms with Gasteiger partial charge >= 0.3 is 0 Å². The number of benzene rings is 2. The summed E-state index contributed by atoms with van der Waals surface area (Å²) in [6, 6.07) is 21.6. The molecule has 6 nitrogen and oxygen atoms in total. The maximum absolute atomic E-state index is 12.5. The van der Waals surface area contributed by atoms with Gasteiger partial charge in [-0.1, -0.05) is 48.5 Å². The van der Waals surface area contributed by atoms with Crippen molar-refractivity contribution < 1.29 is 9.53 Å². The van der Waals surface area contributed by atoms with Crippen molar-refractivity contribution in [3.63, 3.8) is 0 Å². The molecule has 6 heteroatoms. The predicted octanol–water partition coefficient (Wildman–Crippen LogP) is 3.18. The molecule has 0 unspecified atom stereocenters. The molecule has 0 radical (unpaired) electrons. The third-order valence-corrected chi connectivity index (χ3v) is 4.96. The van der Waals surface area contributed by atoms with Crippen LogP contribution in [0.25, 0.3) is 11.3 Å². The summed E-state index contributed by atoms with van der Waals surface area (Å²) < 4.78 is 5.59. The van der Waals surface area contributed by atoms with Crippen LogP contribution in [0.2, 0.25) is 0 Å². The quantitative estimate of drug-likeness (QED) is 0.672. The lowest BCUT2D eigenvalue weighted by Crippen LogP contribution is -2.50. The lowest BCUT2D eigenvalue weighted by Gasteiger charge is -2.35. The first-order chi connectivity index (χ1) is 14.2. The van der Waals surface area contributed by atoms with Crippen LogP contribution in [0, 0.1) is 6.92 Å². The Morgan fingerprint density at radius 3 is 2.28 bits per heavy atom. The van der Waals surface area contributed by atoms with Gasteiger partial charge in [-0.25, -0.2) is 9.97 Å². The number of carbonyl (C=O) groups excluding carboxylic acids is 1. The first-order valence-corrected chi connectivity index (χ1v) is 9.81. The molecule has 1 aromatic heterocycles. The van der Waals surface area contributed by atoms with E-state index in [1.165, 1.54) is 0 Å². The van der Waals surface area contributed by atoms with E-state index in [1.807, 2.05) is 66.4 Å². The minimum absolute atomic E-state index is 0.0114. The number of aryl methyl sites for hydroxylation is 1. The zero-order valence-corrected chi connectivity index (χ0v) is 16.5. The molecule has 1 saturated heterocycles. The maximum Gasteiger partial charge on any atom is 0.260 e. The Balaban J connectivity index is 1.37. The molecule has 0 spiro atoms. The third kappa shape index (κ3) is 4.71. The zero-order valence-electron chi connectivity index (χ0n) is 16.5. The number of rotatable bonds is 5. The highest BCUT2D eigenvalue weighted by atomic mass is 16.5. The molecule has 0 bridgehead atoms. The van der Waals surface area contributed by atoms with Crippen molar-refractivity contribution in [2.24, 2.45) is 0 Å². The van der Waals surface area contributed by atoms with Crippen LogP contribution < -0.4 is 9.64 Å². The van der Waals surface area contributed by atoms with Gasteiger partial charge in [-0.15, -0.1) is 0 Å². The van der Waals surface area contributed by atoms with Crippen molar-refractivity contribution in [1.29, 1.82) is 0 Å². The molecule has 0 atom stereocenters. The standard InChI is InChI=1S/C23H24N4O2/c1-18-24-21(19-8-4-2-5-9-19)16-22(25-18)26-12-14-27(15-13-26)23(28)17-29-20-10-6-3-7-11-20/h2-11,16H,12-15,17H2,1H3. The van der Waals surface area contributed by atoms with Crippen molar-refractivity contribution in [2.45, 2.75) is 6.92 Å². The molecule has 0 saturated carbocycles. The molecule has 4 rings (SSSR count). The number of anilines is 1. The number of nitrogens with zero attached hydrogens (tertiary/aromatic N) is 4. The van der Waals surface area contributed by atoms with E-state index < -0.39 is 0 Å². The highest BCUT2D eigenvalue weighted by molar-refractivity contribution is 5.78. The van der Waals surface area contributed by atoms with Crippen LogP contribution in [0.4, 0.5) is 5.82 Å². The molecule has 1 aliphatic heterocycles. The predicted molar refractivity (Wildman–Crippen MR) is 113 cm³/mol. The Hall–Kier alpha value is -3.41. The summed E-state index contributed by atoms with van der Waals surface area (Å²) in [6.07, 6.45) is 0. The molecular formula is C23H24N4O2. The van der Waals surface area contributed by atoms with Crippen molar-refractivity contribution in [3.05, 3.63) is 72.6 Å². The van der Waals surface area contributed by atoms with Gasteiger partial charge in [0, 0.05) is 37.8 Å². The number of aromatic nitrogens is 2. The second-order valence-corrected chi connectivity index (χ2v) is 6.99. The molecule has 1 fully saturated rings. The van der Waals surface area contributed by atoms with Gasteiger partial charge in [-0.3, -0.25) is 4.79 Å². The number of hydrogen-bond acceptors (Lipinski definition) is 5. The molecule has 1 aliphatic rings. The summed E-state index contributed by atoms with van der Waals surface area (Å²) in [7, 11) is 0. The van der Waals surface area contributed by atoms with E-state index in [4.69, 9.17) is 4.74 Å². The summed E-state index contributed by atoms with van der Waals surface area (Å²) in [5.74, 6) is 2.38. The molecule has 0 N–H and O–H groups in total. The van der Waals surface area contributed by atoms with Crippen molar-refractivity contribution in [1.82, 2.24) is 14.9 Å². The van der Waals surface area contributed by atoms with E-state index in [2.05, 4.69) is 27.0 Å². The van der Waals surface area contributed by atoms with Gasteiger partial charge in [0.2, 0.25) is 0 Å². The molecule has 2 heterocycles. The van der Waals surface area contributed by atoms with E-state index in [0.717, 1.165) is 36.0 Å². The molecule has 0 aliphatic carbocycles. The Bertz CT molecular complexity index is 955. The van der Waals surface area contributed by atoms with E-state index in [0.29, 0.717) is 18.8 Å². The van der Waals surface area contributed by atoms with Gasteiger partial charge in [0.1, 0.15) is 17.4 Å². The number of amides is 1. The maximum atomic E-state index is 12.5. The van der Waals surface area contributed by atoms with Crippen LogP contribution in [0.3, 0.4) is 0 Å². The first kappa shape index (κ1) is 18.9. The van der Waals surface area contributed by atoms with E-state index in [1.54, 1.807) is 0 Å². The minimum atomic E-state index is 0.0114. The second kappa shape index (κ2) is 8.73. The highest BCUT2D eigenvalue weighted by Gasteiger charge is 2.23. The largest absolute Gasteiger partial charge is 0.484 e. The normalized spacial score (nSPS) is 14.0. The number of piperazine rings is 1. The van der Waals surface area contributed by atoms with Crippen LogP contribution >= 0.6 is 0 Å². The number of ether oxygens (including phenoxy) is 1. The minimum Gasteiger partial charge on any atom is -0.484 e. The first-order valence-electron chi connectivity index (χ1n) is 9.81. The average Bonchev–Trinajstić information content (AvgIpc) is 2.78. The highest BCUT2D eigenvalue weighted by Crippen LogP contribution is 2.22. The van der Waals surface area contributed by atoms with E-state index in [-0.39, 0.29) is 12.5 Å². The van der Waals surface area contributed by atoms with Gasteiger partial charge in [0.25, 0.3) is 5.91 Å². The van der Waals surface area contributed by atoms with Crippen LogP contribution in [0.15, 0.2) is 66.7 Å². The van der Waals surface area contributed by atoms with Crippen LogP contribution in [0.1, 0.15) is 5.82 Å². The second-order valence-electron chi connectivity index (χ2n) is 6.99. The Kier molecular flexibility index (Phi) is 5.70. The van der Waals surface area contributed by atoms with Crippen molar-refractivity contribution >= 4 is 11.7 Å². The number of para-hydroxylation sites is 1. The van der Waals surface area contributed by atoms with Gasteiger partial charge in [0.05, 0.1) is 5.69 Å². The Morgan fingerprint density at radius 2 is 1.59 bits per heavy atom. The lowest BCUT2D eigenvalue weighted by atomic mass is 10.1. The summed E-state index contributed by atoms with van der Waals surface area (Å²) >= 11 is 0. The van der Waals surface area contributed by atoms with Crippen molar-refractivity contribution in [3.8, 4) is 17.0 Å². The van der Waals surface area contributed by atoms with Gasteiger partial charge < -0.3 is 14.5 Å². The monoisotopic (exact) mass is 388 g/mol. The fourth-order valence-electron chi connectivity index (χ4n) is 3.41. The van der Waals surface area contributed by atoms with Gasteiger partial charge in [-0.2, -0.15) is 0 Å². The average molecular weight is 388 g/mol. The Morgan fingerprint density at radius 1 is 0.931 bits per heavy atom. The smallest absolute Gasteiger partial charge is 0.260 e. The molecule has 29 heavy (non-hydrogen) atoms. The fourth-order valence-corrected chi connectivity index (χ4v) is 3.41. The fraction of sp³-hybridized carbons (Fsp3) is 0.261. The van der Waals surface area contributed by atoms with E-state index in [9.17, 15) is 4.79 Å². The molecular weight excluding hydrogens is 364 g/mol. The SMILES string of the molecule is Cc1nc(-c2ccccc2)cc(N2CCN(C(=O)COc3ccccc3)CC2)n1. The number of carbonyl (C=O) groups is 1. The summed E-state index contributed by atoms with van der Waals surface area (Å²) in [4.78, 5) is 25.7. The summed E-state index contributed by atoms with van der Waals surface area (Å²) in [6.45, 7) is 4.76. The molecule has 2 aromatic carbocycles. The van der Waals surface area contributed by atoms with Gasteiger partial charge in [0.15, 0.2) is 6.61 Å². The zero-order chi connectivity index (χ0) is 20.1. The third-order valence-electron chi connectivity index (χ3n) is 4.96. The Labute approximate surface area is 170 Å². The van der Waals surface area contributed by atoms with Crippen LogP contribution in [-0.4, -0.2) is 53.6 Å². The summed E-state index contributed by atoms with van der Waals surface area (Å²) in [5, 5.41) is 0. The van der Waals surface area contributed by atoms with Crippen LogP contribution in [0.5, 0.6) is 5.75 Å². The van der Waals surface area contributed by atoms with E-state index >= 15 is 0 Å². The number of hydrogen-bond donors (Lipinski definition) is 0.